The van der Waals surface area contributed by atoms with Gasteiger partial charge in [-0.25, -0.2) is 18.6 Å². The average molecular weight is 418 g/mol. The largest absolute Gasteiger partial charge is 0.481 e. The Morgan fingerprint density at radius 3 is 2.72 bits per heavy atom. The average Bonchev–Trinajstić information content (AvgIpc) is 2.48. The number of carbonyl (C=O) groups is 1. The number of rotatable bonds is 2. The van der Waals surface area contributed by atoms with Crippen molar-refractivity contribution in [1.82, 2.24) is 9.88 Å². The number of aromatic nitrogens is 1. The molecule has 1 aliphatic heterocycles. The van der Waals surface area contributed by atoms with Gasteiger partial charge in [-0.15, -0.1) is 0 Å². The van der Waals surface area contributed by atoms with Crippen LogP contribution in [-0.4, -0.2) is 46.7 Å². The highest BCUT2D eigenvalue weighted by Gasteiger charge is 2.48. The minimum atomic E-state index is -3.28. The maximum atomic E-state index is 14.4. The first-order chi connectivity index (χ1) is 11.5. The number of piperidine rings is 1. The molecule has 2 heterocycles. The number of halogens is 3. The summed E-state index contributed by atoms with van der Waals surface area (Å²) in [6.45, 7) is 4.27. The van der Waals surface area contributed by atoms with Gasteiger partial charge in [0, 0.05) is 13.0 Å². The van der Waals surface area contributed by atoms with Crippen molar-refractivity contribution in [2.45, 2.75) is 44.8 Å². The SMILES string of the molecule is CC(C)(C)OC(=O)N1CCC(Oc2ccc(Br)nc2C#N)C(F)(F)C1. The fraction of sp³-hybridized carbons (Fsp3) is 0.562. The van der Waals surface area contributed by atoms with Crippen molar-refractivity contribution in [2.75, 3.05) is 13.1 Å². The Kier molecular flexibility index (Phi) is 5.52. The van der Waals surface area contributed by atoms with Crippen LogP contribution in [0.15, 0.2) is 16.7 Å². The molecule has 2 rings (SSSR count). The van der Waals surface area contributed by atoms with Gasteiger partial charge in [-0.05, 0) is 48.8 Å². The molecule has 1 saturated heterocycles. The summed E-state index contributed by atoms with van der Waals surface area (Å²) < 4.78 is 39.7. The molecule has 0 saturated carbocycles. The maximum absolute atomic E-state index is 14.4. The summed E-state index contributed by atoms with van der Waals surface area (Å²) in [7, 11) is 0. The first-order valence-electron chi connectivity index (χ1n) is 7.61. The van der Waals surface area contributed by atoms with E-state index in [1.54, 1.807) is 20.8 Å². The second-order valence-electron chi connectivity index (χ2n) is 6.65. The molecule has 9 heteroatoms. The van der Waals surface area contributed by atoms with Crippen LogP contribution in [0.1, 0.15) is 32.9 Å². The molecule has 0 bridgehead atoms. The smallest absolute Gasteiger partial charge is 0.410 e. The second kappa shape index (κ2) is 7.12. The van der Waals surface area contributed by atoms with Crippen LogP contribution in [0.4, 0.5) is 13.6 Å². The van der Waals surface area contributed by atoms with E-state index in [1.807, 2.05) is 6.07 Å². The predicted molar refractivity (Wildman–Crippen MR) is 88.4 cm³/mol. The lowest BCUT2D eigenvalue weighted by atomic mass is 10.0. The van der Waals surface area contributed by atoms with Crippen molar-refractivity contribution in [1.29, 1.82) is 5.26 Å². The fourth-order valence-corrected chi connectivity index (χ4v) is 2.61. The third-order valence-electron chi connectivity index (χ3n) is 3.39. The van der Waals surface area contributed by atoms with E-state index in [0.29, 0.717) is 4.60 Å². The van der Waals surface area contributed by atoms with Gasteiger partial charge < -0.3 is 14.4 Å². The van der Waals surface area contributed by atoms with Gasteiger partial charge in [-0.3, -0.25) is 0 Å². The van der Waals surface area contributed by atoms with Crippen LogP contribution < -0.4 is 4.74 Å². The van der Waals surface area contributed by atoms with Gasteiger partial charge in [0.25, 0.3) is 0 Å². The van der Waals surface area contributed by atoms with E-state index in [2.05, 4.69) is 20.9 Å². The van der Waals surface area contributed by atoms with Crippen LogP contribution in [0.3, 0.4) is 0 Å². The van der Waals surface area contributed by atoms with Gasteiger partial charge in [0.1, 0.15) is 16.3 Å². The molecule has 6 nitrogen and oxygen atoms in total. The first kappa shape index (κ1) is 19.4. The Morgan fingerprint density at radius 2 is 2.16 bits per heavy atom. The Morgan fingerprint density at radius 1 is 1.48 bits per heavy atom. The van der Waals surface area contributed by atoms with Crippen molar-refractivity contribution in [2.24, 2.45) is 0 Å². The number of carbonyl (C=O) groups excluding carboxylic acids is 1. The lowest BCUT2D eigenvalue weighted by Gasteiger charge is -2.38. The number of hydrogen-bond acceptors (Lipinski definition) is 5. The Hall–Kier alpha value is -1.95. The van der Waals surface area contributed by atoms with Crippen LogP contribution in [0.2, 0.25) is 0 Å². The van der Waals surface area contributed by atoms with Gasteiger partial charge in [0.15, 0.2) is 17.5 Å². The molecule has 1 aromatic heterocycles. The van der Waals surface area contributed by atoms with Crippen molar-refractivity contribution < 1.29 is 23.0 Å². The van der Waals surface area contributed by atoms with Crippen molar-refractivity contribution in [3.05, 3.63) is 22.4 Å². The third-order valence-corrected chi connectivity index (χ3v) is 3.83. The molecule has 25 heavy (non-hydrogen) atoms. The highest BCUT2D eigenvalue weighted by molar-refractivity contribution is 9.10. The van der Waals surface area contributed by atoms with E-state index >= 15 is 0 Å². The Balaban J connectivity index is 2.09. The van der Waals surface area contributed by atoms with Gasteiger partial charge in [-0.1, -0.05) is 0 Å². The summed E-state index contributed by atoms with van der Waals surface area (Å²) >= 11 is 3.11. The lowest BCUT2D eigenvalue weighted by molar-refractivity contribution is -0.137. The number of nitriles is 1. The van der Waals surface area contributed by atoms with Gasteiger partial charge >= 0.3 is 12.0 Å². The van der Waals surface area contributed by atoms with Gasteiger partial charge in [-0.2, -0.15) is 5.26 Å². The topological polar surface area (TPSA) is 75.4 Å². The molecule has 1 atom stereocenters. The molecule has 1 fully saturated rings. The maximum Gasteiger partial charge on any atom is 0.410 e. The Labute approximate surface area is 152 Å². The molecular formula is C16H18BrF2N3O3. The molecule has 1 aromatic rings. The summed E-state index contributed by atoms with van der Waals surface area (Å²) in [6, 6.07) is 4.72. The normalized spacial score (nSPS) is 19.9. The van der Waals surface area contributed by atoms with Crippen LogP contribution in [-0.2, 0) is 4.74 Å². The van der Waals surface area contributed by atoms with Crippen molar-refractivity contribution >= 4 is 22.0 Å². The number of amides is 1. The minimum absolute atomic E-state index is 0.0129. The predicted octanol–water partition coefficient (Wildman–Crippen LogP) is 3.74. The van der Waals surface area contributed by atoms with Gasteiger partial charge in [0.2, 0.25) is 0 Å². The molecule has 0 spiro atoms. The number of nitrogens with zero attached hydrogens (tertiary/aromatic N) is 3. The number of pyridine rings is 1. The van der Waals surface area contributed by atoms with Crippen molar-refractivity contribution in [3.63, 3.8) is 0 Å². The van der Waals surface area contributed by atoms with E-state index in [9.17, 15) is 13.6 Å². The monoisotopic (exact) mass is 417 g/mol. The summed E-state index contributed by atoms with van der Waals surface area (Å²) in [4.78, 5) is 16.8. The molecule has 0 aromatic carbocycles. The first-order valence-corrected chi connectivity index (χ1v) is 8.40. The summed E-state index contributed by atoms with van der Waals surface area (Å²) in [5.41, 5.74) is -0.843. The van der Waals surface area contributed by atoms with E-state index in [4.69, 9.17) is 14.7 Å². The van der Waals surface area contributed by atoms with Crippen molar-refractivity contribution in [3.8, 4) is 11.8 Å². The molecule has 0 aliphatic carbocycles. The highest BCUT2D eigenvalue weighted by Crippen LogP contribution is 2.33. The van der Waals surface area contributed by atoms with Crippen LogP contribution >= 0.6 is 15.9 Å². The summed E-state index contributed by atoms with van der Waals surface area (Å²) in [5, 5.41) is 9.06. The van der Waals surface area contributed by atoms with Crippen LogP contribution in [0.25, 0.3) is 0 Å². The molecule has 0 radical (unpaired) electrons. The summed E-state index contributed by atoms with van der Waals surface area (Å²) in [5.74, 6) is -3.30. The molecule has 1 unspecified atom stereocenters. The molecule has 1 aliphatic rings. The highest BCUT2D eigenvalue weighted by atomic mass is 79.9. The standard InChI is InChI=1S/C16H18BrF2N3O3/c1-15(2,3)25-14(23)22-7-6-12(16(18,19)9-22)24-11-4-5-13(17)21-10(11)8-20/h4-5,12H,6-7,9H2,1-3H3. The number of likely N-dealkylation sites (tertiary alicyclic amines) is 1. The molecule has 0 N–H and O–H groups in total. The summed E-state index contributed by atoms with van der Waals surface area (Å²) in [6.07, 6.45) is -2.33. The fourth-order valence-electron chi connectivity index (χ4n) is 2.30. The molecule has 1 amide bonds. The van der Waals surface area contributed by atoms with E-state index in [0.717, 1.165) is 4.90 Å². The number of ether oxygens (including phenoxy) is 2. The molecule has 136 valence electrons. The quantitative estimate of drug-likeness (QED) is 0.685. The zero-order valence-electron chi connectivity index (χ0n) is 14.1. The van der Waals surface area contributed by atoms with E-state index in [-0.39, 0.29) is 24.4 Å². The zero-order chi connectivity index (χ0) is 18.8. The zero-order valence-corrected chi connectivity index (χ0v) is 15.6. The van der Waals surface area contributed by atoms with E-state index < -0.39 is 30.3 Å². The molecular weight excluding hydrogens is 400 g/mol. The number of hydrogen-bond donors (Lipinski definition) is 0. The Bertz CT molecular complexity index is 701. The third kappa shape index (κ3) is 5.01. The second-order valence-corrected chi connectivity index (χ2v) is 7.46. The lowest BCUT2D eigenvalue weighted by Crippen LogP contribution is -2.56. The number of alkyl halides is 2. The van der Waals surface area contributed by atoms with Crippen LogP contribution in [0, 0.1) is 11.3 Å². The van der Waals surface area contributed by atoms with Gasteiger partial charge in [0.05, 0.1) is 6.54 Å². The van der Waals surface area contributed by atoms with E-state index in [1.165, 1.54) is 12.1 Å². The minimum Gasteiger partial charge on any atom is -0.481 e. The van der Waals surface area contributed by atoms with Crippen LogP contribution in [0.5, 0.6) is 5.75 Å².